The van der Waals surface area contributed by atoms with Crippen molar-refractivity contribution in [3.63, 3.8) is 0 Å². The predicted octanol–water partition coefficient (Wildman–Crippen LogP) is 4.48. The van der Waals surface area contributed by atoms with Gasteiger partial charge in [0.25, 0.3) is 5.56 Å². The van der Waals surface area contributed by atoms with Crippen molar-refractivity contribution in [3.8, 4) is 0 Å². The smallest absolute Gasteiger partial charge is 0.250 e. The van der Waals surface area contributed by atoms with Gasteiger partial charge in [-0.15, -0.1) is 0 Å². The molecule has 1 N–H and O–H groups in total. The zero-order valence-corrected chi connectivity index (χ0v) is 20.2. The van der Waals surface area contributed by atoms with E-state index in [1.54, 1.807) is 12.1 Å². The molecular formula is C25H24Cl3N3O2. The van der Waals surface area contributed by atoms with Gasteiger partial charge in [-0.1, -0.05) is 83.3 Å². The second-order valence-electron chi connectivity index (χ2n) is 8.98. The van der Waals surface area contributed by atoms with Gasteiger partial charge < -0.3 is 9.88 Å². The number of carbonyl (C=O) groups is 1. The van der Waals surface area contributed by atoms with Crippen LogP contribution in [0.25, 0.3) is 10.8 Å². The van der Waals surface area contributed by atoms with E-state index in [4.69, 9.17) is 34.8 Å². The zero-order valence-electron chi connectivity index (χ0n) is 17.9. The van der Waals surface area contributed by atoms with Crippen LogP contribution in [-0.2, 0) is 17.8 Å². The van der Waals surface area contributed by atoms with E-state index in [2.05, 4.69) is 5.32 Å². The molecule has 2 aliphatic heterocycles. The number of piperidine rings is 1. The van der Waals surface area contributed by atoms with Crippen LogP contribution in [0, 0.1) is 5.92 Å². The molecule has 0 aliphatic carbocycles. The second kappa shape index (κ2) is 8.95. The Hall–Kier alpha value is -2.05. The number of amides is 1. The SMILES string of the molecule is O=C(Cc1cccc2ccccc12)N[C@@H](N1C[C@@H]2C[C@@H](C1)c1cccc(=O)n1C2)C(Cl)(Cl)Cl. The number of nitrogens with one attached hydrogen (secondary N) is 1. The fourth-order valence-electron chi connectivity index (χ4n) is 5.35. The molecule has 2 aliphatic rings. The Morgan fingerprint density at radius 2 is 1.76 bits per heavy atom. The Morgan fingerprint density at radius 1 is 1.00 bits per heavy atom. The molecule has 0 unspecified atom stereocenters. The van der Waals surface area contributed by atoms with E-state index in [1.165, 1.54) is 0 Å². The van der Waals surface area contributed by atoms with Crippen LogP contribution in [0.5, 0.6) is 0 Å². The molecule has 0 spiro atoms. The molecule has 3 aromatic rings. The molecule has 8 heteroatoms. The Bertz CT molecular complexity index is 1250. The summed E-state index contributed by atoms with van der Waals surface area (Å²) in [5, 5.41) is 5.11. The molecule has 33 heavy (non-hydrogen) atoms. The molecule has 0 radical (unpaired) electrons. The van der Waals surface area contributed by atoms with Crippen molar-refractivity contribution >= 4 is 51.5 Å². The van der Waals surface area contributed by atoms with E-state index in [-0.39, 0.29) is 29.7 Å². The summed E-state index contributed by atoms with van der Waals surface area (Å²) in [7, 11) is 0. The van der Waals surface area contributed by atoms with Gasteiger partial charge in [-0.05, 0) is 34.7 Å². The van der Waals surface area contributed by atoms with Gasteiger partial charge in [0.2, 0.25) is 9.70 Å². The van der Waals surface area contributed by atoms with E-state index >= 15 is 0 Å². The first-order valence-corrected chi connectivity index (χ1v) is 12.2. The summed E-state index contributed by atoms with van der Waals surface area (Å²) >= 11 is 19.1. The van der Waals surface area contributed by atoms with Gasteiger partial charge in [-0.25, -0.2) is 0 Å². The maximum Gasteiger partial charge on any atom is 0.250 e. The molecule has 172 valence electrons. The summed E-state index contributed by atoms with van der Waals surface area (Å²) in [6, 6.07) is 19.3. The van der Waals surface area contributed by atoms with Gasteiger partial charge in [0.15, 0.2) is 0 Å². The van der Waals surface area contributed by atoms with Crippen molar-refractivity contribution in [2.75, 3.05) is 13.1 Å². The standard InChI is InChI=1S/C25H24Cl3N3O2/c26-25(27,28)24(29-22(32)12-18-7-3-6-17-5-1-2-8-20(17)18)30-13-16-11-19(15-30)21-9-4-10-23(33)31(21)14-16/h1-10,16,19,24H,11-15H2,(H,29,32)/t16-,19-,24-/m0/s1. The van der Waals surface area contributed by atoms with Gasteiger partial charge >= 0.3 is 0 Å². The van der Waals surface area contributed by atoms with E-state index in [0.29, 0.717) is 19.6 Å². The van der Waals surface area contributed by atoms with Crippen LogP contribution in [0.15, 0.2) is 65.5 Å². The Morgan fingerprint density at radius 3 is 2.58 bits per heavy atom. The monoisotopic (exact) mass is 503 g/mol. The maximum absolute atomic E-state index is 13.1. The predicted molar refractivity (Wildman–Crippen MR) is 133 cm³/mol. The van der Waals surface area contributed by atoms with Crippen molar-refractivity contribution in [1.82, 2.24) is 14.8 Å². The molecule has 5 nitrogen and oxygen atoms in total. The molecule has 0 saturated carbocycles. The highest BCUT2D eigenvalue weighted by Gasteiger charge is 2.44. The highest BCUT2D eigenvalue weighted by atomic mass is 35.6. The number of hydrogen-bond acceptors (Lipinski definition) is 3. The highest BCUT2D eigenvalue weighted by Crippen LogP contribution is 2.40. The quantitative estimate of drug-likeness (QED) is 0.533. The van der Waals surface area contributed by atoms with Crippen molar-refractivity contribution in [2.45, 2.75) is 35.3 Å². The number of aromatic nitrogens is 1. The molecule has 5 rings (SSSR count). The second-order valence-corrected chi connectivity index (χ2v) is 11.3. The number of hydrogen-bond donors (Lipinski definition) is 1. The lowest BCUT2D eigenvalue weighted by Gasteiger charge is -2.47. The fraction of sp³-hybridized carbons (Fsp3) is 0.360. The third kappa shape index (κ3) is 4.65. The molecule has 3 atom stereocenters. The molecular weight excluding hydrogens is 481 g/mol. The summed E-state index contributed by atoms with van der Waals surface area (Å²) in [6.07, 6.45) is 0.408. The Kier molecular flexibility index (Phi) is 6.17. The number of alkyl halides is 3. The molecule has 1 saturated heterocycles. The average molecular weight is 505 g/mol. The number of benzene rings is 2. The minimum atomic E-state index is -1.70. The highest BCUT2D eigenvalue weighted by molar-refractivity contribution is 6.68. The lowest BCUT2D eigenvalue weighted by atomic mass is 9.83. The minimum Gasteiger partial charge on any atom is -0.336 e. The van der Waals surface area contributed by atoms with E-state index in [1.807, 2.05) is 58.0 Å². The van der Waals surface area contributed by atoms with Gasteiger partial charge in [0.05, 0.1) is 6.42 Å². The lowest BCUT2D eigenvalue weighted by Crippen LogP contribution is -2.60. The number of pyridine rings is 1. The maximum atomic E-state index is 13.1. The molecule has 2 bridgehead atoms. The van der Waals surface area contributed by atoms with Crippen LogP contribution in [0.4, 0.5) is 0 Å². The lowest BCUT2D eigenvalue weighted by molar-refractivity contribution is -0.122. The fourth-order valence-corrected chi connectivity index (χ4v) is 5.93. The van der Waals surface area contributed by atoms with Crippen LogP contribution < -0.4 is 10.9 Å². The Balaban J connectivity index is 1.36. The van der Waals surface area contributed by atoms with Crippen molar-refractivity contribution in [2.24, 2.45) is 5.92 Å². The van der Waals surface area contributed by atoms with Crippen molar-refractivity contribution in [1.29, 1.82) is 0 Å². The topological polar surface area (TPSA) is 54.3 Å². The third-order valence-electron chi connectivity index (χ3n) is 6.71. The van der Waals surface area contributed by atoms with E-state index < -0.39 is 9.96 Å². The van der Waals surface area contributed by atoms with Gasteiger partial charge in [0, 0.05) is 37.3 Å². The average Bonchev–Trinajstić information content (AvgIpc) is 2.78. The Labute approximate surface area is 207 Å². The normalized spacial score (nSPS) is 21.4. The number of likely N-dealkylation sites (tertiary alicyclic amines) is 1. The molecule has 2 aromatic carbocycles. The summed E-state index contributed by atoms with van der Waals surface area (Å²) < 4.78 is 0.163. The minimum absolute atomic E-state index is 0.0250. The summed E-state index contributed by atoms with van der Waals surface area (Å²) in [5.74, 6) is 0.201. The van der Waals surface area contributed by atoms with Crippen LogP contribution >= 0.6 is 34.8 Å². The van der Waals surface area contributed by atoms with Gasteiger partial charge in [-0.2, -0.15) is 0 Å². The largest absolute Gasteiger partial charge is 0.336 e. The van der Waals surface area contributed by atoms with E-state index in [9.17, 15) is 9.59 Å². The van der Waals surface area contributed by atoms with Crippen LogP contribution in [0.3, 0.4) is 0 Å². The van der Waals surface area contributed by atoms with Crippen LogP contribution in [-0.4, -0.2) is 38.4 Å². The number of halogens is 3. The third-order valence-corrected chi connectivity index (χ3v) is 7.33. The molecule has 3 heterocycles. The van der Waals surface area contributed by atoms with E-state index in [0.717, 1.165) is 28.5 Å². The molecule has 1 amide bonds. The zero-order chi connectivity index (χ0) is 23.2. The molecule has 1 fully saturated rings. The number of nitrogens with zero attached hydrogens (tertiary/aromatic N) is 2. The van der Waals surface area contributed by atoms with Crippen molar-refractivity contribution in [3.05, 3.63) is 82.3 Å². The summed E-state index contributed by atoms with van der Waals surface area (Å²) in [6.45, 7) is 1.88. The number of carbonyl (C=O) groups excluding carboxylic acids is 1. The van der Waals surface area contributed by atoms with Crippen LogP contribution in [0.2, 0.25) is 0 Å². The van der Waals surface area contributed by atoms with Crippen LogP contribution in [0.1, 0.15) is 23.6 Å². The van der Waals surface area contributed by atoms with Gasteiger partial charge in [0.1, 0.15) is 6.17 Å². The summed E-state index contributed by atoms with van der Waals surface area (Å²) in [5.41, 5.74) is 1.96. The number of fused-ring (bicyclic) bond motifs is 5. The van der Waals surface area contributed by atoms with Crippen molar-refractivity contribution < 1.29 is 4.79 Å². The van der Waals surface area contributed by atoms with Gasteiger partial charge in [-0.3, -0.25) is 14.5 Å². The first-order valence-electron chi connectivity index (χ1n) is 11.1. The molecule has 1 aromatic heterocycles. The first-order chi connectivity index (χ1) is 15.8. The number of rotatable bonds is 4. The summed E-state index contributed by atoms with van der Waals surface area (Å²) in [4.78, 5) is 27.4. The first kappa shape index (κ1) is 22.7.